The first-order valence-corrected chi connectivity index (χ1v) is 6.84. The molecular formula is C15H24FNO2. The zero-order valence-corrected chi connectivity index (χ0v) is 12.0. The molecule has 108 valence electrons. The molecule has 0 bridgehead atoms. The van der Waals surface area contributed by atoms with Gasteiger partial charge in [0, 0.05) is 24.7 Å². The molecule has 0 amide bonds. The molecule has 0 spiro atoms. The van der Waals surface area contributed by atoms with Crippen molar-refractivity contribution >= 4 is 0 Å². The van der Waals surface area contributed by atoms with E-state index in [1.807, 2.05) is 0 Å². The van der Waals surface area contributed by atoms with Crippen LogP contribution in [0.5, 0.6) is 5.75 Å². The molecule has 19 heavy (non-hydrogen) atoms. The van der Waals surface area contributed by atoms with Crippen LogP contribution in [0, 0.1) is 5.82 Å². The third-order valence-electron chi connectivity index (χ3n) is 3.48. The van der Waals surface area contributed by atoms with Gasteiger partial charge in [0.15, 0.2) is 11.6 Å². The maximum atomic E-state index is 14.1. The lowest BCUT2D eigenvalue weighted by Gasteiger charge is -2.30. The Labute approximate surface area is 115 Å². The Morgan fingerprint density at radius 3 is 2.53 bits per heavy atom. The van der Waals surface area contributed by atoms with Gasteiger partial charge in [0.1, 0.15) is 0 Å². The van der Waals surface area contributed by atoms with Gasteiger partial charge in [-0.15, -0.1) is 0 Å². The zero-order chi connectivity index (χ0) is 14.3. The summed E-state index contributed by atoms with van der Waals surface area (Å²) in [7, 11) is 1.47. The van der Waals surface area contributed by atoms with Crippen molar-refractivity contribution in [2.45, 2.75) is 39.3 Å². The number of benzene rings is 1. The fourth-order valence-electron chi connectivity index (χ4n) is 2.38. The highest BCUT2D eigenvalue weighted by molar-refractivity contribution is 5.31. The largest absolute Gasteiger partial charge is 0.494 e. The molecule has 1 rings (SSSR count). The third kappa shape index (κ3) is 4.18. The summed E-state index contributed by atoms with van der Waals surface area (Å²) in [5.74, 6) is -0.0371. The molecule has 0 heterocycles. The minimum atomic E-state index is -0.307. The summed E-state index contributed by atoms with van der Waals surface area (Å²) < 4.78 is 19.1. The lowest BCUT2D eigenvalue weighted by Crippen LogP contribution is -2.36. The first-order valence-electron chi connectivity index (χ1n) is 6.84. The first kappa shape index (κ1) is 15.9. The van der Waals surface area contributed by atoms with Crippen molar-refractivity contribution in [1.82, 2.24) is 4.90 Å². The zero-order valence-electron chi connectivity index (χ0n) is 12.0. The van der Waals surface area contributed by atoms with Crippen molar-refractivity contribution in [3.63, 3.8) is 0 Å². The minimum Gasteiger partial charge on any atom is -0.494 e. The SMILES string of the molecule is CCC(CC)N(CCO)Cc1cccc(OC)c1F. The molecular weight excluding hydrogens is 245 g/mol. The second-order valence-electron chi connectivity index (χ2n) is 4.60. The number of hydrogen-bond acceptors (Lipinski definition) is 3. The molecule has 0 radical (unpaired) electrons. The number of nitrogens with zero attached hydrogens (tertiary/aromatic N) is 1. The quantitative estimate of drug-likeness (QED) is 0.787. The lowest BCUT2D eigenvalue weighted by molar-refractivity contribution is 0.135. The minimum absolute atomic E-state index is 0.0854. The summed E-state index contributed by atoms with van der Waals surface area (Å²) in [6.07, 6.45) is 1.98. The van der Waals surface area contributed by atoms with E-state index in [4.69, 9.17) is 9.84 Å². The molecule has 0 aliphatic heterocycles. The van der Waals surface area contributed by atoms with Crippen LogP contribution in [0.3, 0.4) is 0 Å². The van der Waals surface area contributed by atoms with E-state index < -0.39 is 0 Å². The van der Waals surface area contributed by atoms with E-state index in [9.17, 15) is 4.39 Å². The summed E-state index contributed by atoms with van der Waals surface area (Å²) >= 11 is 0. The van der Waals surface area contributed by atoms with Crippen LogP contribution in [0.2, 0.25) is 0 Å². The van der Waals surface area contributed by atoms with E-state index in [1.54, 1.807) is 18.2 Å². The van der Waals surface area contributed by atoms with Crippen LogP contribution in [0.4, 0.5) is 4.39 Å². The fraction of sp³-hybridized carbons (Fsp3) is 0.600. The Kier molecular flexibility index (Phi) is 6.81. The van der Waals surface area contributed by atoms with Crippen molar-refractivity contribution in [3.8, 4) is 5.75 Å². The van der Waals surface area contributed by atoms with Gasteiger partial charge < -0.3 is 9.84 Å². The van der Waals surface area contributed by atoms with Gasteiger partial charge in [-0.1, -0.05) is 26.0 Å². The van der Waals surface area contributed by atoms with Gasteiger partial charge in [-0.2, -0.15) is 0 Å². The van der Waals surface area contributed by atoms with E-state index in [1.165, 1.54) is 7.11 Å². The second kappa shape index (κ2) is 8.12. The molecule has 0 atom stereocenters. The van der Waals surface area contributed by atoms with E-state index in [0.29, 0.717) is 24.7 Å². The Morgan fingerprint density at radius 1 is 1.32 bits per heavy atom. The highest BCUT2D eigenvalue weighted by atomic mass is 19.1. The average Bonchev–Trinajstić information content (AvgIpc) is 2.42. The summed E-state index contributed by atoms with van der Waals surface area (Å²) in [5, 5.41) is 9.16. The fourth-order valence-corrected chi connectivity index (χ4v) is 2.38. The monoisotopic (exact) mass is 269 g/mol. The predicted molar refractivity (Wildman–Crippen MR) is 74.8 cm³/mol. The molecule has 3 nitrogen and oxygen atoms in total. The molecule has 4 heteroatoms. The van der Waals surface area contributed by atoms with Crippen molar-refractivity contribution in [2.24, 2.45) is 0 Å². The Morgan fingerprint density at radius 2 is 2.00 bits per heavy atom. The van der Waals surface area contributed by atoms with E-state index in [2.05, 4.69) is 18.7 Å². The van der Waals surface area contributed by atoms with Crippen LogP contribution in [-0.4, -0.2) is 36.3 Å². The van der Waals surface area contributed by atoms with Crippen molar-refractivity contribution in [2.75, 3.05) is 20.3 Å². The summed E-state index contributed by atoms with van der Waals surface area (Å²) in [6, 6.07) is 5.54. The van der Waals surface area contributed by atoms with E-state index >= 15 is 0 Å². The molecule has 0 aliphatic rings. The highest BCUT2D eigenvalue weighted by Gasteiger charge is 2.17. The third-order valence-corrected chi connectivity index (χ3v) is 3.48. The molecule has 0 saturated carbocycles. The van der Waals surface area contributed by atoms with Crippen molar-refractivity contribution < 1.29 is 14.2 Å². The van der Waals surface area contributed by atoms with E-state index in [0.717, 1.165) is 12.8 Å². The highest BCUT2D eigenvalue weighted by Crippen LogP contribution is 2.22. The number of halogens is 1. The maximum Gasteiger partial charge on any atom is 0.169 e. The lowest BCUT2D eigenvalue weighted by atomic mass is 10.1. The Balaban J connectivity index is 2.89. The van der Waals surface area contributed by atoms with Gasteiger partial charge in [-0.05, 0) is 18.9 Å². The number of hydrogen-bond donors (Lipinski definition) is 1. The Bertz CT molecular complexity index is 380. The standard InChI is InChI=1S/C15H24FNO2/c1-4-13(5-2)17(9-10-18)11-12-7-6-8-14(19-3)15(12)16/h6-8,13,18H,4-5,9-11H2,1-3H3. The van der Waals surface area contributed by atoms with Crippen LogP contribution in [0.1, 0.15) is 32.3 Å². The van der Waals surface area contributed by atoms with Crippen LogP contribution in [0.15, 0.2) is 18.2 Å². The molecule has 0 fully saturated rings. The molecule has 0 aliphatic carbocycles. The van der Waals surface area contributed by atoms with Crippen LogP contribution >= 0.6 is 0 Å². The molecule has 1 aromatic rings. The van der Waals surface area contributed by atoms with Crippen LogP contribution in [-0.2, 0) is 6.54 Å². The van der Waals surface area contributed by atoms with E-state index in [-0.39, 0.29) is 18.2 Å². The van der Waals surface area contributed by atoms with Crippen LogP contribution < -0.4 is 4.74 Å². The number of methoxy groups -OCH3 is 1. The summed E-state index contributed by atoms with van der Waals surface area (Å²) in [6.45, 7) is 5.36. The molecule has 1 aromatic carbocycles. The first-order chi connectivity index (χ1) is 9.17. The topological polar surface area (TPSA) is 32.7 Å². The molecule has 0 unspecified atom stereocenters. The van der Waals surface area contributed by atoms with Gasteiger partial charge >= 0.3 is 0 Å². The molecule has 0 saturated heterocycles. The number of aliphatic hydroxyl groups is 1. The average molecular weight is 269 g/mol. The second-order valence-corrected chi connectivity index (χ2v) is 4.60. The normalized spacial score (nSPS) is 11.3. The van der Waals surface area contributed by atoms with Gasteiger partial charge in [0.05, 0.1) is 13.7 Å². The smallest absolute Gasteiger partial charge is 0.169 e. The van der Waals surface area contributed by atoms with Gasteiger partial charge in [0.2, 0.25) is 0 Å². The number of rotatable bonds is 8. The molecule has 0 aromatic heterocycles. The molecule has 1 N–H and O–H groups in total. The van der Waals surface area contributed by atoms with Gasteiger partial charge in [0.25, 0.3) is 0 Å². The van der Waals surface area contributed by atoms with Crippen LogP contribution in [0.25, 0.3) is 0 Å². The summed E-state index contributed by atoms with van der Waals surface area (Å²) in [4.78, 5) is 2.12. The Hall–Kier alpha value is -1.13. The number of aliphatic hydroxyl groups excluding tert-OH is 1. The maximum absolute atomic E-state index is 14.1. The van der Waals surface area contributed by atoms with Gasteiger partial charge in [-0.25, -0.2) is 4.39 Å². The van der Waals surface area contributed by atoms with Crippen molar-refractivity contribution in [3.05, 3.63) is 29.6 Å². The predicted octanol–water partition coefficient (Wildman–Crippen LogP) is 2.82. The van der Waals surface area contributed by atoms with Crippen molar-refractivity contribution in [1.29, 1.82) is 0 Å². The van der Waals surface area contributed by atoms with Gasteiger partial charge in [-0.3, -0.25) is 4.90 Å². The summed E-state index contributed by atoms with van der Waals surface area (Å²) in [5.41, 5.74) is 0.611. The number of ether oxygens (including phenoxy) is 1.